The maximum absolute atomic E-state index is 13.6. The van der Waals surface area contributed by atoms with E-state index < -0.39 is 0 Å². The normalized spacial score (nSPS) is 10.8. The summed E-state index contributed by atoms with van der Waals surface area (Å²) in [5.41, 5.74) is 8.00. The highest BCUT2D eigenvalue weighted by atomic mass is 32.2. The Balaban J connectivity index is 1.79. The van der Waals surface area contributed by atoms with Crippen molar-refractivity contribution in [3.63, 3.8) is 0 Å². The number of nitrogens with two attached hydrogens (primary N) is 1. The van der Waals surface area contributed by atoms with Crippen molar-refractivity contribution >= 4 is 17.4 Å². The lowest BCUT2D eigenvalue weighted by atomic mass is 10.2. The van der Waals surface area contributed by atoms with Gasteiger partial charge in [0.15, 0.2) is 11.0 Å². The van der Waals surface area contributed by atoms with Crippen LogP contribution < -0.4 is 5.73 Å². The number of hydrogen-bond acceptors (Lipinski definition) is 4. The van der Waals surface area contributed by atoms with Crippen molar-refractivity contribution in [3.8, 4) is 11.4 Å². The molecular weight excluding hydrogens is 299 g/mol. The van der Waals surface area contributed by atoms with Crippen LogP contribution in [0.4, 0.5) is 10.1 Å². The van der Waals surface area contributed by atoms with Gasteiger partial charge in [0, 0.05) is 24.1 Å². The third-order valence-corrected chi connectivity index (χ3v) is 4.39. The molecule has 6 heteroatoms. The second-order valence-corrected chi connectivity index (χ2v) is 5.81. The molecule has 0 saturated heterocycles. The summed E-state index contributed by atoms with van der Waals surface area (Å²) < 4.78 is 15.5. The van der Waals surface area contributed by atoms with Gasteiger partial charge in [-0.15, -0.1) is 10.2 Å². The average Bonchev–Trinajstić information content (AvgIpc) is 2.88. The molecule has 0 unspecified atom stereocenters. The predicted octanol–water partition coefficient (Wildman–Crippen LogP) is 3.50. The minimum Gasteiger partial charge on any atom is -0.399 e. The molecule has 0 aliphatic carbocycles. The van der Waals surface area contributed by atoms with Crippen molar-refractivity contribution in [2.24, 2.45) is 7.05 Å². The zero-order valence-corrected chi connectivity index (χ0v) is 12.8. The van der Waals surface area contributed by atoms with Crippen molar-refractivity contribution in [2.75, 3.05) is 5.73 Å². The first kappa shape index (κ1) is 14.6. The molecule has 0 radical (unpaired) electrons. The predicted molar refractivity (Wildman–Crippen MR) is 86.8 cm³/mol. The molecule has 1 heterocycles. The molecule has 0 aliphatic rings. The van der Waals surface area contributed by atoms with Gasteiger partial charge >= 0.3 is 0 Å². The fourth-order valence-electron chi connectivity index (χ4n) is 2.08. The first-order valence-corrected chi connectivity index (χ1v) is 7.75. The summed E-state index contributed by atoms with van der Waals surface area (Å²) in [6.07, 6.45) is 0. The molecule has 0 bridgehead atoms. The Morgan fingerprint density at radius 3 is 2.55 bits per heavy atom. The van der Waals surface area contributed by atoms with Crippen LogP contribution in [0.1, 0.15) is 5.56 Å². The van der Waals surface area contributed by atoms with Gasteiger partial charge in [-0.25, -0.2) is 4.39 Å². The molecule has 3 aromatic rings. The van der Waals surface area contributed by atoms with Gasteiger partial charge in [0.1, 0.15) is 5.82 Å². The van der Waals surface area contributed by atoms with Gasteiger partial charge in [0.05, 0.1) is 0 Å². The number of hydrogen-bond donors (Lipinski definition) is 1. The smallest absolute Gasteiger partial charge is 0.191 e. The molecule has 22 heavy (non-hydrogen) atoms. The number of benzene rings is 2. The highest BCUT2D eigenvalue weighted by Crippen LogP contribution is 2.26. The molecule has 112 valence electrons. The van der Waals surface area contributed by atoms with E-state index in [0.717, 1.165) is 16.5 Å². The Morgan fingerprint density at radius 1 is 1.09 bits per heavy atom. The number of thioether (sulfide) groups is 1. The van der Waals surface area contributed by atoms with Crippen molar-refractivity contribution in [2.45, 2.75) is 10.9 Å². The lowest BCUT2D eigenvalue weighted by Crippen LogP contribution is -1.96. The Morgan fingerprint density at radius 2 is 1.82 bits per heavy atom. The monoisotopic (exact) mass is 314 g/mol. The zero-order chi connectivity index (χ0) is 15.5. The number of rotatable bonds is 4. The second-order valence-electron chi connectivity index (χ2n) is 4.87. The molecule has 0 amide bonds. The van der Waals surface area contributed by atoms with Crippen LogP contribution in [0, 0.1) is 5.82 Å². The quantitative estimate of drug-likeness (QED) is 0.591. The average molecular weight is 314 g/mol. The lowest BCUT2D eigenvalue weighted by Gasteiger charge is -2.05. The van der Waals surface area contributed by atoms with Gasteiger partial charge in [-0.2, -0.15) is 0 Å². The van der Waals surface area contributed by atoms with E-state index in [0.29, 0.717) is 17.0 Å². The lowest BCUT2D eigenvalue weighted by molar-refractivity contribution is 0.617. The van der Waals surface area contributed by atoms with Gasteiger partial charge in [-0.05, 0) is 35.9 Å². The maximum atomic E-state index is 13.6. The molecule has 2 aromatic carbocycles. The van der Waals surface area contributed by atoms with E-state index in [4.69, 9.17) is 5.73 Å². The fraction of sp³-hybridized carbons (Fsp3) is 0.125. The summed E-state index contributed by atoms with van der Waals surface area (Å²) in [6.45, 7) is 0. The number of anilines is 1. The molecule has 0 fully saturated rings. The fourth-order valence-corrected chi connectivity index (χ4v) is 2.98. The summed E-state index contributed by atoms with van der Waals surface area (Å²) in [6, 6.07) is 14.2. The zero-order valence-electron chi connectivity index (χ0n) is 12.0. The van der Waals surface area contributed by atoms with Gasteiger partial charge in [0.2, 0.25) is 0 Å². The molecule has 0 atom stereocenters. The van der Waals surface area contributed by atoms with Crippen LogP contribution in [-0.4, -0.2) is 14.8 Å². The first-order chi connectivity index (χ1) is 10.6. The highest BCUT2D eigenvalue weighted by molar-refractivity contribution is 7.98. The summed E-state index contributed by atoms with van der Waals surface area (Å²) in [5, 5.41) is 9.13. The molecular formula is C16H15FN4S. The number of halogens is 1. The second kappa shape index (κ2) is 6.19. The molecule has 0 saturated carbocycles. The van der Waals surface area contributed by atoms with Gasteiger partial charge in [0.25, 0.3) is 0 Å². The summed E-state index contributed by atoms with van der Waals surface area (Å²) in [4.78, 5) is 0. The summed E-state index contributed by atoms with van der Waals surface area (Å²) in [7, 11) is 1.90. The number of aromatic nitrogens is 3. The molecule has 0 aliphatic heterocycles. The van der Waals surface area contributed by atoms with Gasteiger partial charge < -0.3 is 10.3 Å². The van der Waals surface area contributed by atoms with E-state index >= 15 is 0 Å². The SMILES string of the molecule is Cn1c(SCc2ccccc2F)nnc1-c1ccc(N)cc1. The van der Waals surface area contributed by atoms with Crippen molar-refractivity contribution in [3.05, 3.63) is 59.9 Å². The Bertz CT molecular complexity index is 783. The Hall–Kier alpha value is -2.34. The van der Waals surface area contributed by atoms with Crippen LogP contribution in [-0.2, 0) is 12.8 Å². The van der Waals surface area contributed by atoms with E-state index in [1.165, 1.54) is 17.8 Å². The van der Waals surface area contributed by atoms with Crippen LogP contribution >= 0.6 is 11.8 Å². The van der Waals surface area contributed by atoms with Crippen LogP contribution in [0.3, 0.4) is 0 Å². The summed E-state index contributed by atoms with van der Waals surface area (Å²) >= 11 is 1.46. The van der Waals surface area contributed by atoms with E-state index in [9.17, 15) is 4.39 Å². The van der Waals surface area contributed by atoms with E-state index in [-0.39, 0.29) is 5.82 Å². The highest BCUT2D eigenvalue weighted by Gasteiger charge is 2.12. The van der Waals surface area contributed by atoms with E-state index in [1.54, 1.807) is 12.1 Å². The van der Waals surface area contributed by atoms with Crippen LogP contribution in [0.25, 0.3) is 11.4 Å². The third-order valence-electron chi connectivity index (χ3n) is 3.32. The van der Waals surface area contributed by atoms with Gasteiger partial charge in [-0.1, -0.05) is 30.0 Å². The van der Waals surface area contributed by atoms with Crippen molar-refractivity contribution in [1.82, 2.24) is 14.8 Å². The number of nitrogen functional groups attached to an aromatic ring is 1. The molecule has 1 aromatic heterocycles. The van der Waals surface area contributed by atoms with Crippen LogP contribution in [0.15, 0.2) is 53.7 Å². The minimum atomic E-state index is -0.198. The van der Waals surface area contributed by atoms with Gasteiger partial charge in [-0.3, -0.25) is 0 Å². The van der Waals surface area contributed by atoms with Crippen LogP contribution in [0.2, 0.25) is 0 Å². The van der Waals surface area contributed by atoms with E-state index in [1.807, 2.05) is 41.9 Å². The topological polar surface area (TPSA) is 56.7 Å². The molecule has 3 rings (SSSR count). The minimum absolute atomic E-state index is 0.198. The van der Waals surface area contributed by atoms with Crippen molar-refractivity contribution < 1.29 is 4.39 Å². The Kier molecular flexibility index (Phi) is 4.11. The summed E-state index contributed by atoms with van der Waals surface area (Å²) in [5.74, 6) is 1.08. The van der Waals surface area contributed by atoms with Crippen molar-refractivity contribution in [1.29, 1.82) is 0 Å². The molecule has 4 nitrogen and oxygen atoms in total. The maximum Gasteiger partial charge on any atom is 0.191 e. The largest absolute Gasteiger partial charge is 0.399 e. The first-order valence-electron chi connectivity index (χ1n) is 6.76. The Labute approximate surface area is 132 Å². The molecule has 2 N–H and O–H groups in total. The number of nitrogens with zero attached hydrogens (tertiary/aromatic N) is 3. The third kappa shape index (κ3) is 2.96. The van der Waals surface area contributed by atoms with Crippen LogP contribution in [0.5, 0.6) is 0 Å². The molecule has 0 spiro atoms. The standard InChI is InChI=1S/C16H15FN4S/c1-21-15(11-6-8-13(18)9-7-11)19-20-16(21)22-10-12-4-2-3-5-14(12)17/h2-9H,10,18H2,1H3. The van der Waals surface area contributed by atoms with E-state index in [2.05, 4.69) is 10.2 Å².